The van der Waals surface area contributed by atoms with Crippen molar-refractivity contribution in [2.24, 2.45) is 0 Å². The van der Waals surface area contributed by atoms with Gasteiger partial charge in [0, 0.05) is 11.8 Å². The first-order chi connectivity index (χ1) is 10.1. The summed E-state index contributed by atoms with van der Waals surface area (Å²) in [6, 6.07) is 9.99. The summed E-state index contributed by atoms with van der Waals surface area (Å²) < 4.78 is 0. The fourth-order valence-corrected chi connectivity index (χ4v) is 2.25. The van der Waals surface area contributed by atoms with E-state index in [0.29, 0.717) is 12.0 Å². The Labute approximate surface area is 122 Å². The highest BCUT2D eigenvalue weighted by Gasteiger charge is 2.17. The number of benzene rings is 1. The quantitative estimate of drug-likeness (QED) is 0.757. The highest BCUT2D eigenvalue weighted by molar-refractivity contribution is 5.89. The summed E-state index contributed by atoms with van der Waals surface area (Å²) in [5, 5.41) is 28.1. The van der Waals surface area contributed by atoms with E-state index >= 15 is 0 Å². The maximum Gasteiger partial charge on any atom is 0.358 e. The number of aryl methyl sites for hydroxylation is 2. The van der Waals surface area contributed by atoms with Crippen LogP contribution in [0.1, 0.15) is 33.6 Å². The number of aromatic carboxylic acids is 1. The van der Waals surface area contributed by atoms with Crippen LogP contribution in [0.15, 0.2) is 36.5 Å². The molecule has 110 valence electrons. The average molecular weight is 287 g/mol. The number of rotatable bonds is 6. The Bertz CT molecular complexity index is 626. The van der Waals surface area contributed by atoms with Crippen molar-refractivity contribution < 1.29 is 20.1 Å². The third-order valence-corrected chi connectivity index (χ3v) is 3.36. The van der Waals surface area contributed by atoms with Gasteiger partial charge in [0.15, 0.2) is 11.4 Å². The molecule has 5 nitrogen and oxygen atoms in total. The first-order valence-electron chi connectivity index (χ1n) is 6.71. The number of hydrogen-bond acceptors (Lipinski definition) is 4. The molecule has 0 unspecified atom stereocenters. The molecule has 0 bridgehead atoms. The van der Waals surface area contributed by atoms with Gasteiger partial charge in [-0.15, -0.1) is 0 Å². The topological polar surface area (TPSA) is 90.7 Å². The van der Waals surface area contributed by atoms with Crippen LogP contribution in [0.5, 0.6) is 5.75 Å². The molecule has 1 aromatic heterocycles. The van der Waals surface area contributed by atoms with Crippen LogP contribution in [-0.4, -0.2) is 26.3 Å². The average Bonchev–Trinajstić information content (AvgIpc) is 2.48. The summed E-state index contributed by atoms with van der Waals surface area (Å²) in [5.74, 6) is -1.75. The summed E-state index contributed by atoms with van der Waals surface area (Å²) in [6.45, 7) is -0.407. The van der Waals surface area contributed by atoms with E-state index in [9.17, 15) is 15.0 Å². The maximum atomic E-state index is 10.9. The van der Waals surface area contributed by atoms with E-state index in [-0.39, 0.29) is 5.56 Å². The maximum absolute atomic E-state index is 10.9. The lowest BCUT2D eigenvalue weighted by molar-refractivity contribution is 0.0686. The number of aromatic hydroxyl groups is 1. The molecule has 1 heterocycles. The van der Waals surface area contributed by atoms with Crippen LogP contribution in [-0.2, 0) is 19.4 Å². The zero-order valence-corrected chi connectivity index (χ0v) is 11.5. The van der Waals surface area contributed by atoms with E-state index in [1.54, 1.807) is 0 Å². The molecular weight excluding hydrogens is 270 g/mol. The normalized spacial score (nSPS) is 10.5. The van der Waals surface area contributed by atoms with E-state index in [4.69, 9.17) is 5.11 Å². The van der Waals surface area contributed by atoms with Gasteiger partial charge in [-0.25, -0.2) is 9.78 Å². The highest BCUT2D eigenvalue weighted by atomic mass is 16.4. The minimum absolute atomic E-state index is 0.246. The molecule has 2 rings (SSSR count). The lowest BCUT2D eigenvalue weighted by Gasteiger charge is -2.10. The second-order valence-electron chi connectivity index (χ2n) is 4.76. The summed E-state index contributed by atoms with van der Waals surface area (Å²) in [4.78, 5) is 14.6. The number of nitrogens with zero attached hydrogens (tertiary/aromatic N) is 1. The van der Waals surface area contributed by atoms with Crippen LogP contribution in [0.2, 0.25) is 0 Å². The molecule has 5 heteroatoms. The van der Waals surface area contributed by atoms with Crippen molar-refractivity contribution in [3.8, 4) is 5.75 Å². The predicted octanol–water partition coefficient (Wildman–Crippen LogP) is 2.15. The minimum atomic E-state index is -1.31. The molecule has 0 fully saturated rings. The summed E-state index contributed by atoms with van der Waals surface area (Å²) in [7, 11) is 0. The van der Waals surface area contributed by atoms with Crippen molar-refractivity contribution >= 4 is 5.97 Å². The molecule has 3 N–H and O–H groups in total. The fraction of sp³-hybridized carbons (Fsp3) is 0.250. The van der Waals surface area contributed by atoms with Crippen molar-refractivity contribution in [1.29, 1.82) is 0 Å². The molecule has 0 saturated heterocycles. The van der Waals surface area contributed by atoms with Crippen molar-refractivity contribution in [1.82, 2.24) is 4.98 Å². The van der Waals surface area contributed by atoms with Crippen molar-refractivity contribution in [3.63, 3.8) is 0 Å². The van der Waals surface area contributed by atoms with Gasteiger partial charge in [-0.05, 0) is 30.4 Å². The van der Waals surface area contributed by atoms with Crippen molar-refractivity contribution in [3.05, 3.63) is 58.9 Å². The standard InChI is InChI=1S/C16H17NO4/c18-10-13-12(9-17-14(15(13)19)16(20)21)8-4-7-11-5-2-1-3-6-11/h1-3,5-6,9,18-19H,4,7-8,10H2,(H,20,21). The van der Waals surface area contributed by atoms with Crippen molar-refractivity contribution in [2.45, 2.75) is 25.9 Å². The van der Waals surface area contributed by atoms with Gasteiger partial charge in [0.05, 0.1) is 6.61 Å². The summed E-state index contributed by atoms with van der Waals surface area (Å²) >= 11 is 0. The van der Waals surface area contributed by atoms with Gasteiger partial charge in [-0.1, -0.05) is 30.3 Å². The summed E-state index contributed by atoms with van der Waals surface area (Å²) in [6.07, 6.45) is 3.72. The Kier molecular flexibility index (Phi) is 4.90. The van der Waals surface area contributed by atoms with Crippen LogP contribution < -0.4 is 0 Å². The fourth-order valence-electron chi connectivity index (χ4n) is 2.25. The summed E-state index contributed by atoms with van der Waals surface area (Å²) in [5.41, 5.74) is 1.71. The van der Waals surface area contributed by atoms with Gasteiger partial charge in [-0.2, -0.15) is 0 Å². The zero-order chi connectivity index (χ0) is 15.2. The van der Waals surface area contributed by atoms with Crippen LogP contribution >= 0.6 is 0 Å². The first-order valence-corrected chi connectivity index (χ1v) is 6.71. The molecule has 0 aliphatic carbocycles. The highest BCUT2D eigenvalue weighted by Crippen LogP contribution is 2.25. The Hall–Kier alpha value is -2.40. The Morgan fingerprint density at radius 2 is 1.86 bits per heavy atom. The number of aliphatic hydroxyl groups is 1. The molecule has 0 radical (unpaired) electrons. The largest absolute Gasteiger partial charge is 0.505 e. The lowest BCUT2D eigenvalue weighted by Crippen LogP contribution is -2.06. The van der Waals surface area contributed by atoms with Crippen LogP contribution in [0, 0.1) is 0 Å². The number of aliphatic hydroxyl groups excluding tert-OH is 1. The van der Waals surface area contributed by atoms with Gasteiger partial charge < -0.3 is 15.3 Å². The molecule has 0 amide bonds. The van der Waals surface area contributed by atoms with E-state index in [1.807, 2.05) is 30.3 Å². The second kappa shape index (κ2) is 6.85. The van der Waals surface area contributed by atoms with E-state index in [2.05, 4.69) is 4.98 Å². The number of hydrogen-bond donors (Lipinski definition) is 3. The van der Waals surface area contributed by atoms with Gasteiger partial charge in [0.2, 0.25) is 0 Å². The SMILES string of the molecule is O=C(O)c1ncc(CCCc2ccccc2)c(CO)c1O. The first kappa shape index (κ1) is 15.0. The molecule has 1 aromatic carbocycles. The second-order valence-corrected chi connectivity index (χ2v) is 4.76. The predicted molar refractivity (Wildman–Crippen MR) is 77.3 cm³/mol. The number of carboxylic acids is 1. The smallest absolute Gasteiger partial charge is 0.358 e. The number of carbonyl (C=O) groups is 1. The number of aromatic nitrogens is 1. The molecule has 0 saturated carbocycles. The Balaban J connectivity index is 2.10. The van der Waals surface area contributed by atoms with Crippen LogP contribution in [0.25, 0.3) is 0 Å². The van der Waals surface area contributed by atoms with Gasteiger partial charge in [-0.3, -0.25) is 0 Å². The molecular formula is C16H17NO4. The molecule has 0 aliphatic heterocycles. The van der Waals surface area contributed by atoms with E-state index < -0.39 is 24.0 Å². The molecule has 2 aromatic rings. The molecule has 21 heavy (non-hydrogen) atoms. The molecule has 0 spiro atoms. The Morgan fingerprint density at radius 1 is 1.14 bits per heavy atom. The number of pyridine rings is 1. The zero-order valence-electron chi connectivity index (χ0n) is 11.5. The monoisotopic (exact) mass is 287 g/mol. The van der Waals surface area contributed by atoms with E-state index in [1.165, 1.54) is 11.8 Å². The van der Waals surface area contributed by atoms with Gasteiger partial charge in [0.25, 0.3) is 0 Å². The Morgan fingerprint density at radius 3 is 2.48 bits per heavy atom. The number of carboxylic acid groups (broad SMARTS) is 1. The third kappa shape index (κ3) is 3.58. The van der Waals surface area contributed by atoms with Crippen molar-refractivity contribution in [2.75, 3.05) is 0 Å². The molecule has 0 aliphatic rings. The van der Waals surface area contributed by atoms with E-state index in [0.717, 1.165) is 12.8 Å². The van der Waals surface area contributed by atoms with Gasteiger partial charge >= 0.3 is 5.97 Å². The minimum Gasteiger partial charge on any atom is -0.505 e. The third-order valence-electron chi connectivity index (χ3n) is 3.36. The molecule has 0 atom stereocenters. The lowest BCUT2D eigenvalue weighted by atomic mass is 10.0. The van der Waals surface area contributed by atoms with Crippen LogP contribution in [0.4, 0.5) is 0 Å². The van der Waals surface area contributed by atoms with Crippen LogP contribution in [0.3, 0.4) is 0 Å². The van der Waals surface area contributed by atoms with Gasteiger partial charge in [0.1, 0.15) is 0 Å².